The van der Waals surface area contributed by atoms with Gasteiger partial charge in [-0.05, 0) is 38.7 Å². The fourth-order valence-corrected chi connectivity index (χ4v) is 6.30. The largest absolute Gasteiger partial charge is 0.511 e. The first kappa shape index (κ1) is 31.2. The van der Waals surface area contributed by atoms with Crippen molar-refractivity contribution in [1.29, 1.82) is 0 Å². The first-order valence-corrected chi connectivity index (χ1v) is 15.2. The summed E-state index contributed by atoms with van der Waals surface area (Å²) in [7, 11) is 1.24. The molecule has 2 fully saturated rings. The molecule has 4 atom stereocenters. The van der Waals surface area contributed by atoms with Crippen LogP contribution in [-0.4, -0.2) is 88.2 Å². The van der Waals surface area contributed by atoms with Crippen molar-refractivity contribution in [1.82, 2.24) is 15.2 Å². The van der Waals surface area contributed by atoms with Gasteiger partial charge in [0, 0.05) is 18.1 Å². The summed E-state index contributed by atoms with van der Waals surface area (Å²) in [6.45, 7) is 2.89. The number of oxime groups is 1. The number of aromatic nitrogens is 1. The van der Waals surface area contributed by atoms with Crippen LogP contribution in [0.3, 0.4) is 0 Å². The summed E-state index contributed by atoms with van der Waals surface area (Å²) in [6.07, 6.45) is 3.71. The van der Waals surface area contributed by atoms with Crippen LogP contribution in [0.4, 0.5) is 9.93 Å². The first-order chi connectivity index (χ1) is 20.1. The van der Waals surface area contributed by atoms with Crippen molar-refractivity contribution in [2.45, 2.75) is 75.8 Å². The zero-order valence-electron chi connectivity index (χ0n) is 23.2. The Morgan fingerprint density at radius 2 is 1.90 bits per heavy atom. The number of fused-ring (bicyclic) bond motifs is 1. The van der Waals surface area contributed by atoms with Gasteiger partial charge in [-0.15, -0.1) is 23.1 Å². The van der Waals surface area contributed by atoms with Crippen LogP contribution in [0.2, 0.25) is 0 Å². The number of rotatable bonds is 10. The maximum absolute atomic E-state index is 13.1. The predicted octanol–water partition coefficient (Wildman–Crippen LogP) is 1.44. The normalized spacial score (nSPS) is 22.0. The first-order valence-electron chi connectivity index (χ1n) is 13.3. The number of nitrogens with zero attached hydrogens (tertiary/aromatic N) is 3. The summed E-state index contributed by atoms with van der Waals surface area (Å²) in [5.74, 6) is -2.25. The van der Waals surface area contributed by atoms with Crippen LogP contribution in [0.5, 0.6) is 0 Å². The average molecular weight is 625 g/mol. The number of thioether (sulfide) groups is 1. The van der Waals surface area contributed by atoms with Gasteiger partial charge < -0.3 is 35.4 Å². The number of nitrogens with one attached hydrogen (secondary N) is 2. The molecule has 3 aliphatic rings. The minimum Gasteiger partial charge on any atom is -0.431 e. The van der Waals surface area contributed by atoms with Gasteiger partial charge in [0.05, 0.1) is 6.04 Å². The molecule has 2 aliphatic heterocycles. The third kappa shape index (κ3) is 7.38. The second-order valence-corrected chi connectivity index (χ2v) is 11.6. The summed E-state index contributed by atoms with van der Waals surface area (Å²) < 4.78 is 15.6. The Bertz CT molecular complexity index is 1280. The molecule has 0 bridgehead atoms. The molecule has 3 amide bonds. The lowest BCUT2D eigenvalue weighted by Gasteiger charge is -2.48. The number of hydrogen-bond donors (Lipinski definition) is 3. The van der Waals surface area contributed by atoms with Gasteiger partial charge >= 0.3 is 12.1 Å². The van der Waals surface area contributed by atoms with E-state index in [1.54, 1.807) is 0 Å². The molecule has 4 rings (SSSR count). The Morgan fingerprint density at radius 3 is 2.60 bits per heavy atom. The van der Waals surface area contributed by atoms with E-state index in [2.05, 4.69) is 20.8 Å². The molecule has 0 aromatic carbocycles. The molecule has 3 heterocycles. The molecule has 4 N–H and O–H groups in total. The topological polar surface area (TPSA) is 201 Å². The lowest BCUT2D eigenvalue weighted by molar-refractivity contribution is -0.169. The van der Waals surface area contributed by atoms with Crippen LogP contribution in [0.1, 0.15) is 51.6 Å². The summed E-state index contributed by atoms with van der Waals surface area (Å²) >= 11 is 2.38. The van der Waals surface area contributed by atoms with Crippen molar-refractivity contribution >= 4 is 63.8 Å². The van der Waals surface area contributed by atoms with E-state index in [1.165, 1.54) is 49.1 Å². The van der Waals surface area contributed by atoms with Crippen LogP contribution in [-0.2, 0) is 38.2 Å². The predicted molar refractivity (Wildman–Crippen MR) is 151 cm³/mol. The second-order valence-electron chi connectivity index (χ2n) is 9.63. The number of β-lactam (4-membered cyclic amide) rings is 1. The highest BCUT2D eigenvalue weighted by Crippen LogP contribution is 2.38. The highest BCUT2D eigenvalue weighted by Gasteiger charge is 2.53. The van der Waals surface area contributed by atoms with E-state index in [0.29, 0.717) is 5.75 Å². The third-order valence-electron chi connectivity index (χ3n) is 6.48. The maximum atomic E-state index is 13.1. The Kier molecular flexibility index (Phi) is 10.4. The van der Waals surface area contributed by atoms with Crippen LogP contribution >= 0.6 is 23.1 Å². The van der Waals surface area contributed by atoms with Crippen LogP contribution < -0.4 is 16.4 Å². The fourth-order valence-electron chi connectivity index (χ4n) is 4.41. The van der Waals surface area contributed by atoms with Crippen molar-refractivity contribution in [3.63, 3.8) is 0 Å². The summed E-state index contributed by atoms with van der Waals surface area (Å²) in [5.41, 5.74) is 5.42. The molecule has 15 nitrogen and oxygen atoms in total. The van der Waals surface area contributed by atoms with Gasteiger partial charge in [-0.1, -0.05) is 11.6 Å². The van der Waals surface area contributed by atoms with E-state index >= 15 is 0 Å². The van der Waals surface area contributed by atoms with Crippen molar-refractivity contribution in [3.05, 3.63) is 22.8 Å². The van der Waals surface area contributed by atoms with Crippen LogP contribution in [0.25, 0.3) is 0 Å². The molecule has 1 unspecified atom stereocenters. The molecule has 1 saturated carbocycles. The quantitative estimate of drug-likeness (QED) is 0.111. The molecule has 1 aliphatic carbocycles. The highest BCUT2D eigenvalue weighted by atomic mass is 32.2. The monoisotopic (exact) mass is 624 g/mol. The number of thiazole rings is 1. The van der Waals surface area contributed by atoms with E-state index in [1.807, 2.05) is 0 Å². The second kappa shape index (κ2) is 14.0. The van der Waals surface area contributed by atoms with Crippen LogP contribution in [0.15, 0.2) is 22.3 Å². The number of ether oxygens (including phenoxy) is 3. The van der Waals surface area contributed by atoms with Gasteiger partial charge in [-0.25, -0.2) is 14.6 Å². The molecule has 1 aromatic rings. The number of nitrogens with two attached hydrogens (primary N) is 1. The number of hydrogen-bond acceptors (Lipinski definition) is 14. The van der Waals surface area contributed by atoms with Crippen molar-refractivity contribution in [2.75, 3.05) is 18.2 Å². The molecular weight excluding hydrogens is 592 g/mol. The summed E-state index contributed by atoms with van der Waals surface area (Å²) in [6, 6.07) is -1.74. The van der Waals surface area contributed by atoms with E-state index < -0.39 is 53.6 Å². The van der Waals surface area contributed by atoms with Gasteiger partial charge in [-0.2, -0.15) is 0 Å². The molecule has 1 aromatic heterocycles. The van der Waals surface area contributed by atoms with Crippen molar-refractivity contribution in [2.24, 2.45) is 10.9 Å². The van der Waals surface area contributed by atoms with Crippen molar-refractivity contribution < 1.29 is 43.0 Å². The maximum Gasteiger partial charge on any atom is 0.511 e. The van der Waals surface area contributed by atoms with E-state index in [0.717, 1.165) is 43.4 Å². The highest BCUT2D eigenvalue weighted by molar-refractivity contribution is 8.00. The minimum atomic E-state index is -1.25. The van der Waals surface area contributed by atoms with Gasteiger partial charge in [0.25, 0.3) is 11.8 Å². The van der Waals surface area contributed by atoms with Gasteiger partial charge in [-0.3, -0.25) is 19.3 Å². The molecule has 17 heteroatoms. The fraction of sp³-hybridized carbons (Fsp3) is 0.560. The third-order valence-corrected chi connectivity index (χ3v) is 8.42. The molecule has 0 spiro atoms. The van der Waals surface area contributed by atoms with Gasteiger partial charge in [0.1, 0.15) is 36.0 Å². The summed E-state index contributed by atoms with van der Waals surface area (Å²) in [4.78, 5) is 73.1. The Balaban J connectivity index is 1.33. The molecule has 0 radical (unpaired) electrons. The number of carbonyl (C=O) groups is 5. The minimum absolute atomic E-state index is 0.0230. The smallest absolute Gasteiger partial charge is 0.431 e. The lowest BCUT2D eigenvalue weighted by atomic mass is 9.98. The standard InChI is InChI=1S/C25H32N6O9S2/c1-12(26)19(32)29-24-27-15(11-42-24)17(30-37-3)20(33)28-18-21(34)31-16(9-10-41-22(18)31)23(35)38-13(2)39-25(36)40-14-7-5-4-6-8-14/h9,11-14,18,22H,4-8,10,26H2,1-3H3,(H,28,33)(H,27,29,32)/b30-17-/t12-,13?,18+,22+/m0/s1. The zero-order chi connectivity index (χ0) is 30.4. The van der Waals surface area contributed by atoms with Crippen molar-refractivity contribution in [3.8, 4) is 0 Å². The zero-order valence-corrected chi connectivity index (χ0v) is 24.8. The molecular formula is C25H32N6O9S2. The number of esters is 1. The SMILES string of the molecule is CO/N=C(\C(=O)N[C@@H]1C(=O)N2C(C(=O)OC(C)OC(=O)OC3CCCCC3)=CCS[C@H]12)c1csc(NC(=O)[C@H](C)N)n1. The van der Waals surface area contributed by atoms with E-state index in [4.69, 9.17) is 24.8 Å². The van der Waals surface area contributed by atoms with E-state index in [9.17, 15) is 24.0 Å². The average Bonchev–Trinajstić information content (AvgIpc) is 3.41. The number of carbonyl (C=O) groups excluding carboxylic acids is 5. The number of amides is 3. The van der Waals surface area contributed by atoms with Gasteiger partial charge in [0.2, 0.25) is 12.2 Å². The molecule has 42 heavy (non-hydrogen) atoms. The van der Waals surface area contributed by atoms with Gasteiger partial charge in [0.15, 0.2) is 10.8 Å². The van der Waals surface area contributed by atoms with Crippen LogP contribution in [0, 0.1) is 0 Å². The Morgan fingerprint density at radius 1 is 1.17 bits per heavy atom. The number of anilines is 1. The molecule has 228 valence electrons. The summed E-state index contributed by atoms with van der Waals surface area (Å²) in [5, 5.41) is 9.98. The molecule has 1 saturated heterocycles. The Labute approximate surface area is 249 Å². The lowest BCUT2D eigenvalue weighted by Crippen LogP contribution is -2.70. The Hall–Kier alpha value is -3.70. The van der Waals surface area contributed by atoms with E-state index in [-0.39, 0.29) is 28.3 Å².